The number of nitrogens with zero attached hydrogens (tertiary/aromatic N) is 1. The van der Waals surface area contributed by atoms with E-state index in [1.54, 1.807) is 24.3 Å². The molecule has 136 valence electrons. The van der Waals surface area contributed by atoms with Gasteiger partial charge in [-0.05, 0) is 48.6 Å². The standard InChI is InChI=1S/C22H19NO4/c1-26-21(24)15-11-9-14(10-12-15)13-27-22(25)20-16-5-2-3-7-18(16)23-19-8-4-6-17(19)20/h2-3,5,7,9-12H,4,6,8,13H2,1H3. The summed E-state index contributed by atoms with van der Waals surface area (Å²) in [4.78, 5) is 29.1. The first-order valence-corrected chi connectivity index (χ1v) is 8.92. The van der Waals surface area contributed by atoms with Gasteiger partial charge >= 0.3 is 11.9 Å². The molecule has 5 heteroatoms. The molecule has 4 rings (SSSR count). The minimum absolute atomic E-state index is 0.145. The lowest BCUT2D eigenvalue weighted by Gasteiger charge is -2.12. The van der Waals surface area contributed by atoms with Crippen LogP contribution in [0.2, 0.25) is 0 Å². The lowest BCUT2D eigenvalue weighted by molar-refractivity contribution is 0.0472. The van der Waals surface area contributed by atoms with E-state index in [-0.39, 0.29) is 12.6 Å². The first kappa shape index (κ1) is 17.2. The number of aromatic nitrogens is 1. The largest absolute Gasteiger partial charge is 0.465 e. The highest BCUT2D eigenvalue weighted by Gasteiger charge is 2.24. The van der Waals surface area contributed by atoms with Gasteiger partial charge in [0.05, 0.1) is 23.8 Å². The van der Waals surface area contributed by atoms with Crippen LogP contribution < -0.4 is 0 Å². The number of para-hydroxylation sites is 1. The van der Waals surface area contributed by atoms with Crippen molar-refractivity contribution >= 4 is 22.8 Å². The quantitative estimate of drug-likeness (QED) is 0.660. The number of aryl methyl sites for hydroxylation is 1. The molecule has 0 spiro atoms. The topological polar surface area (TPSA) is 65.5 Å². The van der Waals surface area contributed by atoms with Crippen LogP contribution >= 0.6 is 0 Å². The molecule has 1 aliphatic rings. The third kappa shape index (κ3) is 3.28. The average molecular weight is 361 g/mol. The number of hydrogen-bond acceptors (Lipinski definition) is 5. The first-order valence-electron chi connectivity index (χ1n) is 8.92. The van der Waals surface area contributed by atoms with Gasteiger partial charge in [0.1, 0.15) is 6.61 Å². The number of esters is 2. The van der Waals surface area contributed by atoms with Gasteiger partial charge in [0.15, 0.2) is 0 Å². The van der Waals surface area contributed by atoms with Crippen molar-refractivity contribution in [3.63, 3.8) is 0 Å². The normalized spacial score (nSPS) is 12.6. The molecular formula is C22H19NO4. The van der Waals surface area contributed by atoms with E-state index in [1.165, 1.54) is 7.11 Å². The second kappa shape index (κ2) is 7.19. The maximum atomic E-state index is 12.9. The minimum Gasteiger partial charge on any atom is -0.465 e. The zero-order chi connectivity index (χ0) is 18.8. The lowest BCUT2D eigenvalue weighted by atomic mass is 10.0. The summed E-state index contributed by atoms with van der Waals surface area (Å²) in [5.41, 5.74) is 4.76. The molecular weight excluding hydrogens is 342 g/mol. The number of carbonyl (C=O) groups excluding carboxylic acids is 2. The van der Waals surface area contributed by atoms with Crippen LogP contribution in [0, 0.1) is 0 Å². The van der Waals surface area contributed by atoms with Gasteiger partial charge in [-0.15, -0.1) is 0 Å². The highest BCUT2D eigenvalue weighted by atomic mass is 16.5. The van der Waals surface area contributed by atoms with Crippen LogP contribution in [0.25, 0.3) is 10.9 Å². The summed E-state index contributed by atoms with van der Waals surface area (Å²) in [5, 5.41) is 0.837. The summed E-state index contributed by atoms with van der Waals surface area (Å²) in [6, 6.07) is 14.5. The van der Waals surface area contributed by atoms with Crippen molar-refractivity contribution in [2.24, 2.45) is 0 Å². The molecule has 1 heterocycles. The Hall–Kier alpha value is -3.21. The van der Waals surface area contributed by atoms with Crippen LogP contribution in [0.15, 0.2) is 48.5 Å². The Morgan fingerprint density at radius 3 is 2.56 bits per heavy atom. The van der Waals surface area contributed by atoms with Crippen LogP contribution in [0.1, 0.15) is 44.0 Å². The Morgan fingerprint density at radius 2 is 1.78 bits per heavy atom. The maximum absolute atomic E-state index is 12.9. The summed E-state index contributed by atoms with van der Waals surface area (Å²) in [6.45, 7) is 0.145. The molecule has 0 saturated heterocycles. The molecule has 0 aliphatic heterocycles. The molecule has 0 N–H and O–H groups in total. The van der Waals surface area contributed by atoms with E-state index in [1.807, 2.05) is 24.3 Å². The van der Waals surface area contributed by atoms with Crippen molar-refractivity contribution in [3.05, 3.63) is 76.5 Å². The first-order chi connectivity index (χ1) is 13.2. The SMILES string of the molecule is COC(=O)c1ccc(COC(=O)c2c3c(nc4ccccc24)CCC3)cc1. The molecule has 2 aromatic carbocycles. The van der Waals surface area contributed by atoms with E-state index in [2.05, 4.69) is 4.74 Å². The fourth-order valence-electron chi connectivity index (χ4n) is 3.52. The molecule has 5 nitrogen and oxygen atoms in total. The Morgan fingerprint density at radius 1 is 1.00 bits per heavy atom. The van der Waals surface area contributed by atoms with E-state index < -0.39 is 5.97 Å². The van der Waals surface area contributed by atoms with E-state index in [0.29, 0.717) is 11.1 Å². The molecule has 0 bridgehead atoms. The fraction of sp³-hybridized carbons (Fsp3) is 0.227. The Labute approximate surface area is 156 Å². The van der Waals surface area contributed by atoms with E-state index in [0.717, 1.165) is 47.0 Å². The summed E-state index contributed by atoms with van der Waals surface area (Å²) < 4.78 is 10.3. The van der Waals surface area contributed by atoms with Gasteiger partial charge in [0.2, 0.25) is 0 Å². The monoisotopic (exact) mass is 361 g/mol. The third-order valence-electron chi connectivity index (χ3n) is 4.87. The molecule has 0 atom stereocenters. The molecule has 1 aliphatic carbocycles. The average Bonchev–Trinajstić information content (AvgIpc) is 3.18. The zero-order valence-electron chi connectivity index (χ0n) is 15.0. The van der Waals surface area contributed by atoms with Gasteiger partial charge in [-0.25, -0.2) is 9.59 Å². The number of hydrogen-bond donors (Lipinski definition) is 0. The highest BCUT2D eigenvalue weighted by Crippen LogP contribution is 2.30. The van der Waals surface area contributed by atoms with Gasteiger partial charge in [-0.1, -0.05) is 30.3 Å². The lowest BCUT2D eigenvalue weighted by Crippen LogP contribution is -2.10. The second-order valence-corrected chi connectivity index (χ2v) is 6.55. The smallest absolute Gasteiger partial charge is 0.339 e. The number of pyridine rings is 1. The predicted octanol–water partition coefficient (Wildman–Crippen LogP) is 3.87. The minimum atomic E-state index is -0.391. The van der Waals surface area contributed by atoms with Crippen molar-refractivity contribution < 1.29 is 19.1 Å². The Balaban J connectivity index is 1.58. The van der Waals surface area contributed by atoms with Gasteiger partial charge in [0, 0.05) is 11.1 Å². The number of ether oxygens (including phenoxy) is 2. The Kier molecular flexibility index (Phi) is 4.59. The van der Waals surface area contributed by atoms with Crippen LogP contribution in [-0.4, -0.2) is 24.0 Å². The van der Waals surface area contributed by atoms with Gasteiger partial charge in [0.25, 0.3) is 0 Å². The van der Waals surface area contributed by atoms with Crippen LogP contribution in [0.4, 0.5) is 0 Å². The van der Waals surface area contributed by atoms with Crippen molar-refractivity contribution in [1.29, 1.82) is 0 Å². The van der Waals surface area contributed by atoms with E-state index in [9.17, 15) is 9.59 Å². The third-order valence-corrected chi connectivity index (χ3v) is 4.87. The molecule has 27 heavy (non-hydrogen) atoms. The van der Waals surface area contributed by atoms with Crippen LogP contribution in [0.3, 0.4) is 0 Å². The summed E-state index contributed by atoms with van der Waals surface area (Å²) in [6.07, 6.45) is 2.76. The molecule has 0 saturated carbocycles. The number of fused-ring (bicyclic) bond motifs is 2. The summed E-state index contributed by atoms with van der Waals surface area (Å²) >= 11 is 0. The fourth-order valence-corrected chi connectivity index (χ4v) is 3.52. The molecule has 0 radical (unpaired) electrons. The van der Waals surface area contributed by atoms with E-state index in [4.69, 9.17) is 9.72 Å². The highest BCUT2D eigenvalue weighted by molar-refractivity contribution is 6.05. The van der Waals surface area contributed by atoms with Gasteiger partial charge in [-0.2, -0.15) is 0 Å². The number of benzene rings is 2. The van der Waals surface area contributed by atoms with E-state index >= 15 is 0 Å². The van der Waals surface area contributed by atoms with Gasteiger partial charge in [-0.3, -0.25) is 4.98 Å². The summed E-state index contributed by atoms with van der Waals surface area (Å²) in [5.74, 6) is -0.721. The second-order valence-electron chi connectivity index (χ2n) is 6.55. The van der Waals surface area contributed by atoms with Crippen molar-refractivity contribution in [1.82, 2.24) is 4.98 Å². The number of rotatable bonds is 4. The predicted molar refractivity (Wildman–Crippen MR) is 101 cm³/mol. The number of carbonyl (C=O) groups is 2. The van der Waals surface area contributed by atoms with Gasteiger partial charge < -0.3 is 9.47 Å². The molecule has 3 aromatic rings. The molecule has 1 aromatic heterocycles. The number of methoxy groups -OCH3 is 1. The van der Waals surface area contributed by atoms with Crippen molar-refractivity contribution in [2.45, 2.75) is 25.9 Å². The molecule has 0 amide bonds. The maximum Gasteiger partial charge on any atom is 0.339 e. The van der Waals surface area contributed by atoms with Crippen molar-refractivity contribution in [2.75, 3.05) is 7.11 Å². The molecule has 0 fully saturated rings. The molecule has 0 unspecified atom stereocenters. The van der Waals surface area contributed by atoms with Crippen LogP contribution in [0.5, 0.6) is 0 Å². The Bertz CT molecular complexity index is 1020. The zero-order valence-corrected chi connectivity index (χ0v) is 15.0. The summed E-state index contributed by atoms with van der Waals surface area (Å²) in [7, 11) is 1.34. The van der Waals surface area contributed by atoms with Crippen LogP contribution in [-0.2, 0) is 28.9 Å². The van der Waals surface area contributed by atoms with Crippen molar-refractivity contribution in [3.8, 4) is 0 Å².